The van der Waals surface area contributed by atoms with Gasteiger partial charge in [0.15, 0.2) is 0 Å². The number of hydrogen-bond donors (Lipinski definition) is 1. The number of nitrogens with one attached hydrogen (secondary N) is 1. The SMILES string of the molecule is CC1NCCN(C(C)(C)C)C1C. The molecule has 0 bridgehead atoms. The molecule has 2 atom stereocenters. The van der Waals surface area contributed by atoms with Crippen molar-refractivity contribution in [2.45, 2.75) is 52.2 Å². The Balaban J connectivity index is 2.64. The second kappa shape index (κ2) is 3.35. The Kier molecular flexibility index (Phi) is 2.79. The summed E-state index contributed by atoms with van der Waals surface area (Å²) in [5, 5.41) is 3.49. The minimum absolute atomic E-state index is 0.315. The van der Waals surface area contributed by atoms with Crippen LogP contribution in [0, 0.1) is 0 Å². The van der Waals surface area contributed by atoms with Crippen molar-refractivity contribution in [2.24, 2.45) is 0 Å². The van der Waals surface area contributed by atoms with Gasteiger partial charge in [-0.15, -0.1) is 0 Å². The molecule has 1 aliphatic rings. The molecule has 12 heavy (non-hydrogen) atoms. The second-order valence-electron chi connectivity index (χ2n) is 4.85. The van der Waals surface area contributed by atoms with E-state index in [1.54, 1.807) is 0 Å². The first-order valence-corrected chi connectivity index (χ1v) is 4.93. The van der Waals surface area contributed by atoms with E-state index >= 15 is 0 Å². The van der Waals surface area contributed by atoms with E-state index < -0.39 is 0 Å². The average Bonchev–Trinajstić information content (AvgIpc) is 1.92. The predicted octanol–water partition coefficient (Wildman–Crippen LogP) is 1.47. The first-order chi connectivity index (χ1) is 5.43. The number of hydrogen-bond acceptors (Lipinski definition) is 2. The molecule has 2 nitrogen and oxygen atoms in total. The summed E-state index contributed by atoms with van der Waals surface area (Å²) >= 11 is 0. The molecule has 0 aliphatic carbocycles. The molecule has 1 saturated heterocycles. The molecule has 0 aromatic carbocycles. The van der Waals surface area contributed by atoms with Crippen molar-refractivity contribution >= 4 is 0 Å². The van der Waals surface area contributed by atoms with Crippen LogP contribution in [0.3, 0.4) is 0 Å². The van der Waals surface area contributed by atoms with Crippen LogP contribution in [0.1, 0.15) is 34.6 Å². The molecule has 2 unspecified atom stereocenters. The van der Waals surface area contributed by atoms with Gasteiger partial charge in [0.1, 0.15) is 0 Å². The zero-order valence-corrected chi connectivity index (χ0v) is 9.02. The molecule has 0 saturated carbocycles. The second-order valence-corrected chi connectivity index (χ2v) is 4.85. The lowest BCUT2D eigenvalue weighted by molar-refractivity contribution is 0.0482. The Morgan fingerprint density at radius 3 is 2.25 bits per heavy atom. The molecule has 72 valence electrons. The summed E-state index contributed by atoms with van der Waals surface area (Å²) in [7, 11) is 0. The van der Waals surface area contributed by atoms with E-state index in [2.05, 4.69) is 44.8 Å². The summed E-state index contributed by atoms with van der Waals surface area (Å²) in [6.07, 6.45) is 0. The van der Waals surface area contributed by atoms with E-state index in [-0.39, 0.29) is 0 Å². The van der Waals surface area contributed by atoms with Gasteiger partial charge in [0.25, 0.3) is 0 Å². The maximum atomic E-state index is 3.49. The first kappa shape index (κ1) is 10.0. The van der Waals surface area contributed by atoms with Crippen molar-refractivity contribution in [2.75, 3.05) is 13.1 Å². The molecule has 2 heteroatoms. The number of nitrogens with zero attached hydrogens (tertiary/aromatic N) is 1. The molecule has 0 radical (unpaired) electrons. The van der Waals surface area contributed by atoms with Crippen molar-refractivity contribution in [3.05, 3.63) is 0 Å². The van der Waals surface area contributed by atoms with Crippen LogP contribution < -0.4 is 5.32 Å². The zero-order chi connectivity index (χ0) is 9.35. The van der Waals surface area contributed by atoms with Crippen molar-refractivity contribution in [3.63, 3.8) is 0 Å². The van der Waals surface area contributed by atoms with E-state index in [4.69, 9.17) is 0 Å². The highest BCUT2D eigenvalue weighted by atomic mass is 15.3. The third-order valence-corrected chi connectivity index (χ3v) is 2.90. The van der Waals surface area contributed by atoms with Crippen molar-refractivity contribution in [1.29, 1.82) is 0 Å². The number of rotatable bonds is 0. The summed E-state index contributed by atoms with van der Waals surface area (Å²) in [6, 6.07) is 1.27. The van der Waals surface area contributed by atoms with Crippen LogP contribution in [0.2, 0.25) is 0 Å². The van der Waals surface area contributed by atoms with Gasteiger partial charge in [-0.05, 0) is 34.6 Å². The lowest BCUT2D eigenvalue weighted by Gasteiger charge is -2.46. The van der Waals surface area contributed by atoms with E-state index in [1.165, 1.54) is 6.54 Å². The first-order valence-electron chi connectivity index (χ1n) is 4.93. The smallest absolute Gasteiger partial charge is 0.0224 e. The summed E-state index contributed by atoms with van der Waals surface area (Å²) in [6.45, 7) is 13.8. The molecule has 1 N–H and O–H groups in total. The minimum Gasteiger partial charge on any atom is -0.311 e. The van der Waals surface area contributed by atoms with Gasteiger partial charge in [0.2, 0.25) is 0 Å². The van der Waals surface area contributed by atoms with Gasteiger partial charge in [-0.25, -0.2) is 0 Å². The van der Waals surface area contributed by atoms with Crippen LogP contribution in [-0.2, 0) is 0 Å². The highest BCUT2D eigenvalue weighted by Gasteiger charge is 2.31. The van der Waals surface area contributed by atoms with Gasteiger partial charge in [-0.1, -0.05) is 0 Å². The fraction of sp³-hybridized carbons (Fsp3) is 1.00. The van der Waals surface area contributed by atoms with Gasteiger partial charge in [0.05, 0.1) is 0 Å². The topological polar surface area (TPSA) is 15.3 Å². The van der Waals surface area contributed by atoms with Gasteiger partial charge in [-0.3, -0.25) is 4.90 Å². The van der Waals surface area contributed by atoms with Gasteiger partial charge in [-0.2, -0.15) is 0 Å². The Labute approximate surface area is 76.3 Å². The van der Waals surface area contributed by atoms with Crippen LogP contribution in [-0.4, -0.2) is 35.6 Å². The molecule has 1 aliphatic heterocycles. The summed E-state index contributed by atoms with van der Waals surface area (Å²) in [5.41, 5.74) is 0.315. The molecular weight excluding hydrogens is 148 g/mol. The normalized spacial score (nSPS) is 33.8. The molecule has 1 rings (SSSR count). The number of piperazine rings is 1. The molecule has 0 amide bonds. The van der Waals surface area contributed by atoms with Gasteiger partial charge < -0.3 is 5.32 Å². The fourth-order valence-corrected chi connectivity index (χ4v) is 2.00. The van der Waals surface area contributed by atoms with Crippen LogP contribution in [0.25, 0.3) is 0 Å². The van der Waals surface area contributed by atoms with Crippen LogP contribution in [0.5, 0.6) is 0 Å². The summed E-state index contributed by atoms with van der Waals surface area (Å²) < 4.78 is 0. The standard InChI is InChI=1S/C10H22N2/c1-8-9(2)12(7-6-11-8)10(3,4)5/h8-9,11H,6-7H2,1-5H3. The highest BCUT2D eigenvalue weighted by molar-refractivity contribution is 4.90. The Hall–Kier alpha value is -0.0800. The maximum Gasteiger partial charge on any atom is 0.0224 e. The predicted molar refractivity (Wildman–Crippen MR) is 53.4 cm³/mol. The molecule has 1 fully saturated rings. The monoisotopic (exact) mass is 170 g/mol. The zero-order valence-electron chi connectivity index (χ0n) is 9.02. The molecular formula is C10H22N2. The van der Waals surface area contributed by atoms with Gasteiger partial charge >= 0.3 is 0 Å². The summed E-state index contributed by atoms with van der Waals surface area (Å²) in [5.74, 6) is 0. The van der Waals surface area contributed by atoms with Crippen molar-refractivity contribution in [1.82, 2.24) is 10.2 Å². The highest BCUT2D eigenvalue weighted by Crippen LogP contribution is 2.20. The van der Waals surface area contributed by atoms with Crippen molar-refractivity contribution in [3.8, 4) is 0 Å². The van der Waals surface area contributed by atoms with Crippen LogP contribution in [0.15, 0.2) is 0 Å². The van der Waals surface area contributed by atoms with E-state index in [0.29, 0.717) is 17.6 Å². The lowest BCUT2D eigenvalue weighted by atomic mass is 9.98. The average molecular weight is 170 g/mol. The molecule has 0 aromatic heterocycles. The Bertz CT molecular complexity index is 148. The van der Waals surface area contributed by atoms with Crippen LogP contribution in [0.4, 0.5) is 0 Å². The van der Waals surface area contributed by atoms with E-state index in [0.717, 1.165) is 6.54 Å². The van der Waals surface area contributed by atoms with Crippen molar-refractivity contribution < 1.29 is 0 Å². The largest absolute Gasteiger partial charge is 0.311 e. The minimum atomic E-state index is 0.315. The summed E-state index contributed by atoms with van der Waals surface area (Å²) in [4.78, 5) is 2.58. The third kappa shape index (κ3) is 1.99. The quantitative estimate of drug-likeness (QED) is 0.592. The Morgan fingerprint density at radius 2 is 1.83 bits per heavy atom. The molecule has 0 spiro atoms. The third-order valence-electron chi connectivity index (χ3n) is 2.90. The van der Waals surface area contributed by atoms with Crippen LogP contribution >= 0.6 is 0 Å². The molecule has 1 heterocycles. The van der Waals surface area contributed by atoms with Gasteiger partial charge in [0, 0.05) is 30.7 Å². The van der Waals surface area contributed by atoms with E-state index in [9.17, 15) is 0 Å². The fourth-order valence-electron chi connectivity index (χ4n) is 2.00. The Morgan fingerprint density at radius 1 is 1.25 bits per heavy atom. The maximum absolute atomic E-state index is 3.49. The van der Waals surface area contributed by atoms with E-state index in [1.807, 2.05) is 0 Å². The molecule has 0 aromatic rings. The lowest BCUT2D eigenvalue weighted by Crippen LogP contribution is -2.60.